The second-order valence-electron chi connectivity index (χ2n) is 11.7. The number of aliphatic hydroxyl groups is 3. The summed E-state index contributed by atoms with van der Waals surface area (Å²) in [5.74, 6) is -2.56. The Bertz CT molecular complexity index is 1090. The Balaban J connectivity index is 1.55. The van der Waals surface area contributed by atoms with Crippen LogP contribution < -0.4 is 0 Å². The first-order valence-corrected chi connectivity index (χ1v) is 13.7. The molecule has 0 amide bonds. The Morgan fingerprint density at radius 1 is 1.05 bits per heavy atom. The van der Waals surface area contributed by atoms with E-state index in [1.165, 1.54) is 0 Å². The van der Waals surface area contributed by atoms with Crippen LogP contribution in [0.2, 0.25) is 0 Å². The summed E-state index contributed by atoms with van der Waals surface area (Å²) in [6.45, 7) is 8.17. The van der Waals surface area contributed by atoms with Gasteiger partial charge >= 0.3 is 5.97 Å². The van der Waals surface area contributed by atoms with Crippen LogP contribution in [0, 0.1) is 17.8 Å². The normalized spacial score (nSPS) is 49.2. The predicted molar refractivity (Wildman–Crippen MR) is 140 cm³/mol. The number of hydrogen-bond acceptors (Lipinski definition) is 8. The summed E-state index contributed by atoms with van der Waals surface area (Å²) in [5.41, 5.74) is 0.109. The topological polar surface area (TPSA) is 115 Å². The van der Waals surface area contributed by atoms with Crippen LogP contribution >= 0.6 is 0 Å². The highest BCUT2D eigenvalue weighted by atomic mass is 16.7. The van der Waals surface area contributed by atoms with E-state index < -0.39 is 47.7 Å². The Hall–Kier alpha value is -2.07. The monoisotopic (exact) mass is 528 g/mol. The van der Waals surface area contributed by atoms with Gasteiger partial charge in [-0.2, -0.15) is 0 Å². The fourth-order valence-electron chi connectivity index (χ4n) is 6.21. The summed E-state index contributed by atoms with van der Waals surface area (Å²) in [7, 11) is 0. The van der Waals surface area contributed by atoms with Crippen LogP contribution in [0.5, 0.6) is 0 Å². The van der Waals surface area contributed by atoms with Crippen molar-refractivity contribution in [2.45, 2.75) is 88.9 Å². The average Bonchev–Trinajstić information content (AvgIpc) is 3.22. The number of carbonyl (C=O) groups is 1. The number of carbonyl (C=O) groups excluding carboxylic acids is 1. The molecular weight excluding hydrogens is 488 g/mol. The van der Waals surface area contributed by atoms with Gasteiger partial charge in [0.15, 0.2) is 5.79 Å². The number of allylic oxidation sites excluding steroid dienone is 2. The summed E-state index contributed by atoms with van der Waals surface area (Å²) in [6, 6.07) is 0. The van der Waals surface area contributed by atoms with Crippen LogP contribution in [0.15, 0.2) is 59.3 Å². The van der Waals surface area contributed by atoms with Crippen molar-refractivity contribution in [1.82, 2.24) is 0 Å². The third-order valence-electron chi connectivity index (χ3n) is 8.61. The standard InChI is InChI=1S/C30H40O8/c1-17-10-11-29(36-15-17)14-23-13-22(38-29)9-8-19(3)25(31)18(2)6-5-7-21-16-35-27-26(32)20(4)12-24(28(33)37-23)30(21,27)34/h5-8,10-12,17-18,22-27,31-32,34H,9,13-16H2,1-4H3/b6-5+,19-8+,21-7+/t17-,18-,22+,23-,24+,25-,26+,27+,29-,30+/m0/s1. The lowest BCUT2D eigenvalue weighted by molar-refractivity contribution is -0.276. The summed E-state index contributed by atoms with van der Waals surface area (Å²) >= 11 is 0. The smallest absolute Gasteiger partial charge is 0.316 e. The first-order valence-electron chi connectivity index (χ1n) is 13.7. The van der Waals surface area contributed by atoms with E-state index in [-0.39, 0.29) is 24.5 Å². The molecule has 4 aliphatic heterocycles. The molecule has 3 N–H and O–H groups in total. The second-order valence-corrected chi connectivity index (χ2v) is 11.7. The van der Waals surface area contributed by atoms with Gasteiger partial charge in [0.05, 0.1) is 25.4 Å². The van der Waals surface area contributed by atoms with Crippen molar-refractivity contribution in [2.75, 3.05) is 13.2 Å². The largest absolute Gasteiger partial charge is 0.462 e. The van der Waals surface area contributed by atoms with Crippen LogP contribution in [0.25, 0.3) is 0 Å². The van der Waals surface area contributed by atoms with E-state index >= 15 is 0 Å². The third-order valence-corrected chi connectivity index (χ3v) is 8.61. The number of ether oxygens (including phenoxy) is 4. The number of esters is 1. The summed E-state index contributed by atoms with van der Waals surface area (Å²) < 4.78 is 24.5. The molecule has 2 fully saturated rings. The molecule has 0 saturated carbocycles. The molecule has 2 bridgehead atoms. The van der Waals surface area contributed by atoms with E-state index in [4.69, 9.17) is 18.9 Å². The van der Waals surface area contributed by atoms with Crippen molar-refractivity contribution < 1.29 is 39.1 Å². The Morgan fingerprint density at radius 2 is 1.84 bits per heavy atom. The zero-order valence-electron chi connectivity index (χ0n) is 22.6. The molecule has 38 heavy (non-hydrogen) atoms. The van der Waals surface area contributed by atoms with E-state index in [1.807, 2.05) is 32.1 Å². The van der Waals surface area contributed by atoms with E-state index in [1.54, 1.807) is 25.2 Å². The lowest BCUT2D eigenvalue weighted by atomic mass is 9.71. The lowest BCUT2D eigenvalue weighted by Crippen LogP contribution is -2.58. The van der Waals surface area contributed by atoms with Gasteiger partial charge in [-0.25, -0.2) is 0 Å². The number of fused-ring (bicyclic) bond motifs is 2. The minimum atomic E-state index is -1.76. The average molecular weight is 529 g/mol. The molecule has 0 radical (unpaired) electrons. The predicted octanol–water partition coefficient (Wildman–Crippen LogP) is 2.89. The van der Waals surface area contributed by atoms with E-state index in [0.29, 0.717) is 37.0 Å². The molecule has 0 unspecified atom stereocenters. The Labute approximate surface area is 224 Å². The van der Waals surface area contributed by atoms with Gasteiger partial charge in [0.25, 0.3) is 0 Å². The van der Waals surface area contributed by atoms with Gasteiger partial charge in [-0.05, 0) is 49.0 Å². The van der Waals surface area contributed by atoms with Crippen molar-refractivity contribution in [2.24, 2.45) is 17.8 Å². The van der Waals surface area contributed by atoms with Gasteiger partial charge in [-0.15, -0.1) is 0 Å². The summed E-state index contributed by atoms with van der Waals surface area (Å²) in [4.78, 5) is 13.7. The van der Waals surface area contributed by atoms with Gasteiger partial charge in [-0.3, -0.25) is 4.79 Å². The summed E-state index contributed by atoms with van der Waals surface area (Å²) in [6.07, 6.45) is 10.7. The molecule has 0 aromatic heterocycles. The van der Waals surface area contributed by atoms with Crippen LogP contribution in [-0.4, -0.2) is 76.4 Å². The van der Waals surface area contributed by atoms with Gasteiger partial charge in [0, 0.05) is 18.8 Å². The molecule has 0 aromatic carbocycles. The molecule has 208 valence electrons. The molecule has 8 heteroatoms. The molecule has 5 rings (SSSR count). The Morgan fingerprint density at radius 3 is 2.58 bits per heavy atom. The highest BCUT2D eigenvalue weighted by molar-refractivity contribution is 5.78. The SMILES string of the molecule is CC1=C[C@@H]2C(=O)O[C@H]3C[C@@H](C/C=C(\C)[C@@H](O)[C@@H](C)/C=C/C=C4\CO[C@H]([C@@H]1O)[C@@]42O)O[C@@]1(C=C[C@H](C)CO1)C3. The maximum absolute atomic E-state index is 13.7. The molecular formula is C30H40O8. The zero-order valence-corrected chi connectivity index (χ0v) is 22.6. The lowest BCUT2D eigenvalue weighted by Gasteiger charge is -2.45. The molecule has 1 spiro atoms. The van der Waals surface area contributed by atoms with Crippen molar-refractivity contribution in [3.05, 3.63) is 59.3 Å². The number of hydrogen-bond donors (Lipinski definition) is 3. The summed E-state index contributed by atoms with van der Waals surface area (Å²) in [5, 5.41) is 33.7. The van der Waals surface area contributed by atoms with Crippen LogP contribution in [-0.2, 0) is 23.7 Å². The van der Waals surface area contributed by atoms with Gasteiger partial charge in [0.2, 0.25) is 0 Å². The molecule has 2 saturated heterocycles. The maximum atomic E-state index is 13.7. The van der Waals surface area contributed by atoms with Crippen LogP contribution in [0.4, 0.5) is 0 Å². The fourth-order valence-corrected chi connectivity index (χ4v) is 6.21. The molecule has 0 aromatic rings. The minimum absolute atomic E-state index is 0.0720. The molecule has 10 atom stereocenters. The zero-order chi connectivity index (χ0) is 27.2. The van der Waals surface area contributed by atoms with Crippen molar-refractivity contribution >= 4 is 5.97 Å². The van der Waals surface area contributed by atoms with E-state index in [2.05, 4.69) is 13.0 Å². The minimum Gasteiger partial charge on any atom is -0.462 e. The highest BCUT2D eigenvalue weighted by Crippen LogP contribution is 2.46. The van der Waals surface area contributed by atoms with Gasteiger partial charge < -0.3 is 34.3 Å². The molecule has 1 aliphatic carbocycles. The number of rotatable bonds is 0. The van der Waals surface area contributed by atoms with E-state index in [0.717, 1.165) is 5.57 Å². The highest BCUT2D eigenvalue weighted by Gasteiger charge is 2.60. The first kappa shape index (κ1) is 27.5. The molecule has 4 heterocycles. The van der Waals surface area contributed by atoms with Gasteiger partial charge in [0.1, 0.15) is 29.8 Å². The Kier molecular flexibility index (Phi) is 7.59. The van der Waals surface area contributed by atoms with Crippen molar-refractivity contribution in [1.29, 1.82) is 0 Å². The molecule has 5 aliphatic rings. The quantitative estimate of drug-likeness (QED) is 0.325. The van der Waals surface area contributed by atoms with Crippen molar-refractivity contribution in [3.8, 4) is 0 Å². The fraction of sp³-hybridized carbons (Fsp3) is 0.633. The third kappa shape index (κ3) is 4.98. The molecule has 8 nitrogen and oxygen atoms in total. The van der Waals surface area contributed by atoms with E-state index in [9.17, 15) is 20.1 Å². The maximum Gasteiger partial charge on any atom is 0.316 e. The first-order chi connectivity index (χ1) is 18.0. The number of aliphatic hydroxyl groups excluding tert-OH is 2. The second kappa shape index (κ2) is 10.5. The van der Waals surface area contributed by atoms with Crippen molar-refractivity contribution in [3.63, 3.8) is 0 Å². The van der Waals surface area contributed by atoms with Crippen LogP contribution in [0.3, 0.4) is 0 Å². The van der Waals surface area contributed by atoms with Gasteiger partial charge in [-0.1, -0.05) is 50.3 Å². The van der Waals surface area contributed by atoms with Crippen LogP contribution in [0.1, 0.15) is 47.0 Å².